The van der Waals surface area contributed by atoms with Crippen LogP contribution in [0.3, 0.4) is 0 Å². The van der Waals surface area contributed by atoms with Gasteiger partial charge in [-0.3, -0.25) is 0 Å². The van der Waals surface area contributed by atoms with Crippen molar-refractivity contribution in [2.24, 2.45) is 17.1 Å². The Kier molecular flexibility index (Phi) is 6.57. The molecule has 0 aromatic rings. The zero-order valence-electron chi connectivity index (χ0n) is 12.4. The Labute approximate surface area is 103 Å². The molecular weight excluding hydrogens is 196 g/mol. The number of likely N-dealkylation sites (N-methyl/N-ethyl adjacent to an activating group) is 1. The van der Waals surface area contributed by atoms with E-state index in [4.69, 9.17) is 5.73 Å². The summed E-state index contributed by atoms with van der Waals surface area (Å²) < 4.78 is 0. The number of nitrogens with two attached hydrogens (primary N) is 1. The van der Waals surface area contributed by atoms with E-state index in [0.29, 0.717) is 6.04 Å². The van der Waals surface area contributed by atoms with Crippen molar-refractivity contribution in [2.75, 3.05) is 13.6 Å². The maximum absolute atomic E-state index is 6.28. The van der Waals surface area contributed by atoms with Gasteiger partial charge in [-0.15, -0.1) is 0 Å². The monoisotopic (exact) mass is 228 g/mol. The van der Waals surface area contributed by atoms with E-state index in [9.17, 15) is 0 Å². The largest absolute Gasteiger partial charge is 0.326 e. The lowest BCUT2D eigenvalue weighted by Gasteiger charge is -2.42. The summed E-state index contributed by atoms with van der Waals surface area (Å²) in [6.07, 6.45) is 2.29. The second-order valence-corrected chi connectivity index (χ2v) is 6.34. The Bertz CT molecular complexity index is 184. The highest BCUT2D eigenvalue weighted by molar-refractivity contribution is 4.89. The SMILES string of the molecule is CCC(C)CN(C)C(C(N)CC)C(C)(C)C. The number of hydrogen-bond acceptors (Lipinski definition) is 2. The summed E-state index contributed by atoms with van der Waals surface area (Å²) in [5, 5.41) is 0. The molecule has 0 saturated heterocycles. The molecule has 2 nitrogen and oxygen atoms in total. The summed E-state index contributed by atoms with van der Waals surface area (Å²) in [4.78, 5) is 2.46. The first-order valence-corrected chi connectivity index (χ1v) is 6.69. The molecule has 0 aromatic carbocycles. The quantitative estimate of drug-likeness (QED) is 0.757. The maximum Gasteiger partial charge on any atom is 0.0292 e. The molecule has 0 fully saturated rings. The standard InChI is InChI=1S/C14H32N2/c1-8-11(3)10-16(7)13(12(15)9-2)14(4,5)6/h11-13H,8-10,15H2,1-7H3. The molecule has 0 bridgehead atoms. The lowest BCUT2D eigenvalue weighted by atomic mass is 9.80. The Hall–Kier alpha value is -0.0800. The molecule has 0 rings (SSSR count). The van der Waals surface area contributed by atoms with E-state index >= 15 is 0 Å². The van der Waals surface area contributed by atoms with Crippen LogP contribution in [0.4, 0.5) is 0 Å². The zero-order valence-corrected chi connectivity index (χ0v) is 12.4. The molecule has 0 spiro atoms. The third-order valence-electron chi connectivity index (χ3n) is 3.54. The highest BCUT2D eigenvalue weighted by Gasteiger charge is 2.32. The van der Waals surface area contributed by atoms with E-state index in [1.807, 2.05) is 0 Å². The number of nitrogens with zero attached hydrogens (tertiary/aromatic N) is 1. The molecule has 98 valence electrons. The fourth-order valence-corrected chi connectivity index (χ4v) is 2.59. The van der Waals surface area contributed by atoms with Gasteiger partial charge < -0.3 is 10.6 Å². The summed E-state index contributed by atoms with van der Waals surface area (Å²) in [6.45, 7) is 14.8. The van der Waals surface area contributed by atoms with Crippen LogP contribution in [0.2, 0.25) is 0 Å². The van der Waals surface area contributed by atoms with Gasteiger partial charge in [-0.1, -0.05) is 48.0 Å². The Balaban J connectivity index is 4.64. The van der Waals surface area contributed by atoms with Crippen LogP contribution in [0.5, 0.6) is 0 Å². The van der Waals surface area contributed by atoms with Crippen LogP contribution in [0.15, 0.2) is 0 Å². The molecule has 2 N–H and O–H groups in total. The van der Waals surface area contributed by atoms with E-state index in [1.165, 1.54) is 6.42 Å². The van der Waals surface area contributed by atoms with Crippen molar-refractivity contribution in [1.29, 1.82) is 0 Å². The molecular formula is C14H32N2. The van der Waals surface area contributed by atoms with Crippen LogP contribution in [-0.4, -0.2) is 30.6 Å². The first kappa shape index (κ1) is 15.9. The Morgan fingerprint density at radius 2 is 1.62 bits per heavy atom. The Morgan fingerprint density at radius 1 is 1.12 bits per heavy atom. The molecule has 0 saturated carbocycles. The van der Waals surface area contributed by atoms with E-state index in [2.05, 4.69) is 53.5 Å². The summed E-state index contributed by atoms with van der Waals surface area (Å²) >= 11 is 0. The van der Waals surface area contributed by atoms with E-state index in [1.54, 1.807) is 0 Å². The molecule has 3 unspecified atom stereocenters. The van der Waals surface area contributed by atoms with Gasteiger partial charge in [0.2, 0.25) is 0 Å². The van der Waals surface area contributed by atoms with Crippen molar-refractivity contribution < 1.29 is 0 Å². The van der Waals surface area contributed by atoms with Gasteiger partial charge in [0.05, 0.1) is 0 Å². The molecule has 0 aliphatic rings. The number of rotatable bonds is 6. The van der Waals surface area contributed by atoms with Crippen LogP contribution in [0, 0.1) is 11.3 Å². The molecule has 0 radical (unpaired) electrons. The molecule has 3 atom stereocenters. The van der Waals surface area contributed by atoms with Crippen LogP contribution in [-0.2, 0) is 0 Å². The van der Waals surface area contributed by atoms with Gasteiger partial charge in [-0.25, -0.2) is 0 Å². The lowest BCUT2D eigenvalue weighted by Crippen LogP contribution is -2.54. The zero-order chi connectivity index (χ0) is 12.9. The van der Waals surface area contributed by atoms with Gasteiger partial charge in [0.25, 0.3) is 0 Å². The molecule has 0 amide bonds. The summed E-state index contributed by atoms with van der Waals surface area (Å²) in [6, 6.07) is 0.737. The second-order valence-electron chi connectivity index (χ2n) is 6.34. The predicted octanol–water partition coefficient (Wildman–Crippen LogP) is 3.12. The highest BCUT2D eigenvalue weighted by atomic mass is 15.2. The number of hydrogen-bond donors (Lipinski definition) is 1. The first-order valence-electron chi connectivity index (χ1n) is 6.69. The average molecular weight is 228 g/mol. The highest BCUT2D eigenvalue weighted by Crippen LogP contribution is 2.27. The van der Waals surface area contributed by atoms with Gasteiger partial charge >= 0.3 is 0 Å². The topological polar surface area (TPSA) is 29.3 Å². The van der Waals surface area contributed by atoms with Crippen LogP contribution < -0.4 is 5.73 Å². The van der Waals surface area contributed by atoms with Crippen molar-refractivity contribution in [1.82, 2.24) is 4.90 Å². The van der Waals surface area contributed by atoms with Gasteiger partial charge in [0.1, 0.15) is 0 Å². The Morgan fingerprint density at radius 3 is 1.94 bits per heavy atom. The minimum atomic E-state index is 0.248. The lowest BCUT2D eigenvalue weighted by molar-refractivity contribution is 0.0872. The van der Waals surface area contributed by atoms with Crippen molar-refractivity contribution in [2.45, 2.75) is 66.5 Å². The van der Waals surface area contributed by atoms with E-state index < -0.39 is 0 Å². The molecule has 0 heterocycles. The molecule has 0 aromatic heterocycles. The van der Waals surface area contributed by atoms with Crippen molar-refractivity contribution in [3.63, 3.8) is 0 Å². The van der Waals surface area contributed by atoms with Crippen LogP contribution in [0.1, 0.15) is 54.4 Å². The average Bonchev–Trinajstić information content (AvgIpc) is 2.15. The van der Waals surface area contributed by atoms with Gasteiger partial charge in [0.15, 0.2) is 0 Å². The molecule has 0 aliphatic carbocycles. The maximum atomic E-state index is 6.28. The smallest absolute Gasteiger partial charge is 0.0292 e. The predicted molar refractivity (Wildman–Crippen MR) is 73.6 cm³/mol. The van der Waals surface area contributed by atoms with Crippen LogP contribution >= 0.6 is 0 Å². The first-order chi connectivity index (χ1) is 7.23. The third kappa shape index (κ3) is 4.84. The minimum Gasteiger partial charge on any atom is -0.326 e. The van der Waals surface area contributed by atoms with E-state index in [-0.39, 0.29) is 11.5 Å². The molecule has 0 aliphatic heterocycles. The molecule has 16 heavy (non-hydrogen) atoms. The molecule has 2 heteroatoms. The summed E-state index contributed by atoms with van der Waals surface area (Å²) in [5.74, 6) is 0.749. The summed E-state index contributed by atoms with van der Waals surface area (Å²) in [7, 11) is 2.22. The van der Waals surface area contributed by atoms with E-state index in [0.717, 1.165) is 18.9 Å². The van der Waals surface area contributed by atoms with Crippen molar-refractivity contribution in [3.8, 4) is 0 Å². The summed E-state index contributed by atoms with van der Waals surface area (Å²) in [5.41, 5.74) is 6.53. The third-order valence-corrected chi connectivity index (χ3v) is 3.54. The van der Waals surface area contributed by atoms with Crippen molar-refractivity contribution in [3.05, 3.63) is 0 Å². The second kappa shape index (κ2) is 6.61. The fourth-order valence-electron chi connectivity index (χ4n) is 2.59. The van der Waals surface area contributed by atoms with Crippen molar-refractivity contribution >= 4 is 0 Å². The normalized spacial score (nSPS) is 18.6. The minimum absolute atomic E-state index is 0.248. The van der Waals surface area contributed by atoms with Gasteiger partial charge in [-0.05, 0) is 24.8 Å². The van der Waals surface area contributed by atoms with Crippen LogP contribution in [0.25, 0.3) is 0 Å². The fraction of sp³-hybridized carbons (Fsp3) is 1.00. The van der Waals surface area contributed by atoms with Gasteiger partial charge in [-0.2, -0.15) is 0 Å². The van der Waals surface area contributed by atoms with Gasteiger partial charge in [0, 0.05) is 18.6 Å².